The molecule has 0 aliphatic heterocycles. The molecule has 2 rings (SSSR count). The van der Waals surface area contributed by atoms with Crippen LogP contribution in [0, 0.1) is 0 Å². The van der Waals surface area contributed by atoms with Crippen LogP contribution in [-0.2, 0) is 0 Å². The Kier molecular flexibility index (Phi) is 4.92. The van der Waals surface area contributed by atoms with Crippen LogP contribution in [0.3, 0.4) is 0 Å². The maximum Gasteiger partial charge on any atom is 0.233 e. The summed E-state index contributed by atoms with van der Waals surface area (Å²) in [6.45, 7) is 8.18. The predicted octanol–water partition coefficient (Wildman–Crippen LogP) is 3.26. The van der Waals surface area contributed by atoms with E-state index >= 15 is 0 Å². The van der Waals surface area contributed by atoms with Crippen molar-refractivity contribution < 1.29 is 0 Å². The molecule has 0 bridgehead atoms. The Bertz CT molecular complexity index is 539. The molecule has 0 unspecified atom stereocenters. The van der Waals surface area contributed by atoms with Crippen molar-refractivity contribution in [3.05, 3.63) is 30.3 Å². The monoisotopic (exact) mass is 286 g/mol. The summed E-state index contributed by atoms with van der Waals surface area (Å²) in [6.07, 6.45) is 0. The number of para-hydroxylation sites is 1. The van der Waals surface area contributed by atoms with Crippen LogP contribution in [0.4, 0.5) is 23.5 Å². The number of aromatic nitrogens is 3. The lowest BCUT2D eigenvalue weighted by Gasteiger charge is -2.14. The van der Waals surface area contributed by atoms with E-state index < -0.39 is 0 Å². The summed E-state index contributed by atoms with van der Waals surface area (Å²) in [7, 11) is 0. The molecule has 0 atom stereocenters. The fourth-order valence-corrected chi connectivity index (χ4v) is 1.73. The van der Waals surface area contributed by atoms with Gasteiger partial charge in [0.05, 0.1) is 0 Å². The number of nitrogens with zero attached hydrogens (tertiary/aromatic N) is 3. The van der Waals surface area contributed by atoms with Crippen molar-refractivity contribution in [2.75, 3.05) is 16.0 Å². The lowest BCUT2D eigenvalue weighted by Crippen LogP contribution is -2.18. The molecule has 6 heteroatoms. The quantitative estimate of drug-likeness (QED) is 0.757. The number of benzene rings is 1. The summed E-state index contributed by atoms with van der Waals surface area (Å²) in [5.41, 5.74) is 0.940. The molecular formula is C15H22N6. The highest BCUT2D eigenvalue weighted by molar-refractivity contribution is 5.55. The summed E-state index contributed by atoms with van der Waals surface area (Å²) in [6, 6.07) is 10.3. The van der Waals surface area contributed by atoms with Crippen LogP contribution in [0.15, 0.2) is 30.3 Å². The Morgan fingerprint density at radius 2 is 1.19 bits per heavy atom. The minimum atomic E-state index is 0.254. The van der Waals surface area contributed by atoms with Crippen LogP contribution in [-0.4, -0.2) is 27.0 Å². The van der Waals surface area contributed by atoms with Gasteiger partial charge in [0.25, 0.3) is 0 Å². The molecule has 0 fully saturated rings. The van der Waals surface area contributed by atoms with Gasteiger partial charge in [-0.1, -0.05) is 18.2 Å². The third-order valence-corrected chi connectivity index (χ3v) is 2.50. The zero-order chi connectivity index (χ0) is 15.2. The third-order valence-electron chi connectivity index (χ3n) is 2.50. The molecule has 0 saturated heterocycles. The first kappa shape index (κ1) is 15.0. The summed E-state index contributed by atoms with van der Waals surface area (Å²) in [5.74, 6) is 1.63. The lowest BCUT2D eigenvalue weighted by molar-refractivity contribution is 0.847. The van der Waals surface area contributed by atoms with Gasteiger partial charge in [-0.25, -0.2) is 0 Å². The first-order valence-corrected chi connectivity index (χ1v) is 7.14. The maximum absolute atomic E-state index is 4.39. The van der Waals surface area contributed by atoms with E-state index in [9.17, 15) is 0 Å². The summed E-state index contributed by atoms with van der Waals surface area (Å²) >= 11 is 0. The topological polar surface area (TPSA) is 74.8 Å². The normalized spacial score (nSPS) is 10.8. The standard InChI is InChI=1S/C15H22N6/c1-10(2)16-13-19-14(17-11(3)4)21-15(20-13)18-12-8-6-5-7-9-12/h5-11H,1-4H3,(H3,16,17,18,19,20,21). The molecule has 0 aliphatic carbocycles. The van der Waals surface area contributed by atoms with E-state index in [1.54, 1.807) is 0 Å². The highest BCUT2D eigenvalue weighted by Crippen LogP contribution is 2.16. The van der Waals surface area contributed by atoms with Crippen molar-refractivity contribution in [2.24, 2.45) is 0 Å². The van der Waals surface area contributed by atoms with E-state index in [1.165, 1.54) is 0 Å². The molecule has 21 heavy (non-hydrogen) atoms. The van der Waals surface area contributed by atoms with Crippen molar-refractivity contribution in [1.82, 2.24) is 15.0 Å². The van der Waals surface area contributed by atoms with Gasteiger partial charge in [0.1, 0.15) is 0 Å². The Balaban J connectivity index is 2.25. The second-order valence-corrected chi connectivity index (χ2v) is 5.40. The lowest BCUT2D eigenvalue weighted by atomic mass is 10.3. The summed E-state index contributed by atoms with van der Waals surface area (Å²) in [4.78, 5) is 13.2. The molecule has 0 radical (unpaired) electrons. The Hall–Kier alpha value is -2.37. The van der Waals surface area contributed by atoms with Crippen molar-refractivity contribution in [3.63, 3.8) is 0 Å². The zero-order valence-electron chi connectivity index (χ0n) is 12.9. The number of hydrogen-bond donors (Lipinski definition) is 3. The molecule has 1 aromatic heterocycles. The largest absolute Gasteiger partial charge is 0.352 e. The van der Waals surface area contributed by atoms with Gasteiger partial charge in [-0.15, -0.1) is 0 Å². The second-order valence-electron chi connectivity index (χ2n) is 5.40. The van der Waals surface area contributed by atoms with Crippen molar-refractivity contribution in [2.45, 2.75) is 39.8 Å². The first-order chi connectivity index (χ1) is 10.0. The third kappa shape index (κ3) is 4.91. The van der Waals surface area contributed by atoms with E-state index in [1.807, 2.05) is 58.0 Å². The fourth-order valence-electron chi connectivity index (χ4n) is 1.73. The van der Waals surface area contributed by atoms with Gasteiger partial charge >= 0.3 is 0 Å². The Morgan fingerprint density at radius 1 is 0.714 bits per heavy atom. The molecule has 0 saturated carbocycles. The molecule has 1 aromatic carbocycles. The van der Waals surface area contributed by atoms with Gasteiger partial charge in [-0.2, -0.15) is 15.0 Å². The maximum atomic E-state index is 4.39. The summed E-state index contributed by atoms with van der Waals surface area (Å²) < 4.78 is 0. The number of rotatable bonds is 6. The highest BCUT2D eigenvalue weighted by Gasteiger charge is 2.08. The minimum absolute atomic E-state index is 0.254. The second kappa shape index (κ2) is 6.88. The van der Waals surface area contributed by atoms with Crippen molar-refractivity contribution in [3.8, 4) is 0 Å². The number of hydrogen-bond acceptors (Lipinski definition) is 6. The highest BCUT2D eigenvalue weighted by atomic mass is 15.3. The van der Waals surface area contributed by atoms with Crippen molar-refractivity contribution in [1.29, 1.82) is 0 Å². The Morgan fingerprint density at radius 3 is 1.67 bits per heavy atom. The van der Waals surface area contributed by atoms with Crippen LogP contribution < -0.4 is 16.0 Å². The molecule has 3 N–H and O–H groups in total. The molecule has 1 heterocycles. The number of anilines is 4. The average molecular weight is 286 g/mol. The molecule has 6 nitrogen and oxygen atoms in total. The van der Waals surface area contributed by atoms with Gasteiger partial charge in [0.2, 0.25) is 17.8 Å². The fraction of sp³-hybridized carbons (Fsp3) is 0.400. The van der Waals surface area contributed by atoms with Crippen LogP contribution in [0.1, 0.15) is 27.7 Å². The van der Waals surface area contributed by atoms with Gasteiger partial charge in [-0.05, 0) is 39.8 Å². The molecular weight excluding hydrogens is 264 g/mol. The van der Waals surface area contributed by atoms with E-state index in [-0.39, 0.29) is 12.1 Å². The Labute approximate surface area is 125 Å². The van der Waals surface area contributed by atoms with Crippen LogP contribution in [0.5, 0.6) is 0 Å². The van der Waals surface area contributed by atoms with Gasteiger partial charge in [-0.3, -0.25) is 0 Å². The van der Waals surface area contributed by atoms with Gasteiger partial charge in [0.15, 0.2) is 0 Å². The van der Waals surface area contributed by atoms with E-state index in [2.05, 4.69) is 30.9 Å². The van der Waals surface area contributed by atoms with Crippen LogP contribution in [0.2, 0.25) is 0 Å². The smallest absolute Gasteiger partial charge is 0.233 e. The average Bonchev–Trinajstić information content (AvgIpc) is 2.37. The minimum Gasteiger partial charge on any atom is -0.352 e. The van der Waals surface area contributed by atoms with E-state index in [0.29, 0.717) is 17.8 Å². The zero-order valence-corrected chi connectivity index (χ0v) is 12.9. The van der Waals surface area contributed by atoms with Gasteiger partial charge < -0.3 is 16.0 Å². The predicted molar refractivity (Wildman–Crippen MR) is 87.1 cm³/mol. The molecule has 2 aromatic rings. The van der Waals surface area contributed by atoms with Crippen LogP contribution in [0.25, 0.3) is 0 Å². The van der Waals surface area contributed by atoms with Gasteiger partial charge in [0, 0.05) is 17.8 Å². The molecule has 112 valence electrons. The van der Waals surface area contributed by atoms with E-state index in [4.69, 9.17) is 0 Å². The summed E-state index contributed by atoms with van der Waals surface area (Å²) in [5, 5.41) is 9.59. The molecule has 0 amide bonds. The first-order valence-electron chi connectivity index (χ1n) is 7.14. The molecule has 0 spiro atoms. The van der Waals surface area contributed by atoms with Crippen molar-refractivity contribution >= 4 is 23.5 Å². The van der Waals surface area contributed by atoms with Crippen LogP contribution >= 0.6 is 0 Å². The van der Waals surface area contributed by atoms with E-state index in [0.717, 1.165) is 5.69 Å². The number of nitrogens with one attached hydrogen (secondary N) is 3. The molecule has 0 aliphatic rings. The SMILES string of the molecule is CC(C)Nc1nc(Nc2ccccc2)nc(NC(C)C)n1.